The van der Waals surface area contributed by atoms with Gasteiger partial charge in [-0.25, -0.2) is 0 Å². The molecule has 4 aliphatic carbocycles. The van der Waals surface area contributed by atoms with Crippen LogP contribution in [0, 0.1) is 34.5 Å². The Hall–Kier alpha value is -0.790. The molecule has 0 aliphatic heterocycles. The molecule has 0 amide bonds. The zero-order valence-electron chi connectivity index (χ0n) is 18.2. The summed E-state index contributed by atoms with van der Waals surface area (Å²) in [5.41, 5.74) is 2.60. The van der Waals surface area contributed by atoms with Crippen LogP contribution in [-0.2, 0) is 4.79 Å². The Morgan fingerprint density at radius 1 is 1.04 bits per heavy atom. The molecule has 0 spiro atoms. The molecule has 6 unspecified atom stereocenters. The maximum absolute atomic E-state index is 10.9. The van der Waals surface area contributed by atoms with E-state index in [9.17, 15) is 4.79 Å². The number of carbonyl (C=O) groups is 1. The second kappa shape index (κ2) is 8.29. The standard InChI is InChI=1S/C23H36O2.C2H6/c1-22-14-4-3-6-16(22)9-11-18-19-12-10-17(7-5-8-21(24)25)23(19,2)15-13-20(18)22;1-2/h7,16,18-20H,3-6,8-15H2,1-2H3,(H,24,25);1-2H3/b17-7+;. The Labute approximate surface area is 167 Å². The monoisotopic (exact) mass is 374 g/mol. The van der Waals surface area contributed by atoms with E-state index in [4.69, 9.17) is 5.11 Å². The summed E-state index contributed by atoms with van der Waals surface area (Å²) in [5, 5.41) is 8.95. The summed E-state index contributed by atoms with van der Waals surface area (Å²) in [6.45, 7) is 9.16. The van der Waals surface area contributed by atoms with Crippen LogP contribution in [0.4, 0.5) is 0 Å². The zero-order chi connectivity index (χ0) is 19.7. The summed E-state index contributed by atoms with van der Waals surface area (Å²) in [7, 11) is 0. The molecule has 0 heterocycles. The molecule has 4 rings (SSSR count). The van der Waals surface area contributed by atoms with Crippen molar-refractivity contribution >= 4 is 5.97 Å². The molecule has 0 radical (unpaired) electrons. The van der Waals surface area contributed by atoms with Crippen molar-refractivity contribution in [3.8, 4) is 0 Å². The van der Waals surface area contributed by atoms with Crippen LogP contribution in [0.3, 0.4) is 0 Å². The van der Waals surface area contributed by atoms with Gasteiger partial charge in [0.15, 0.2) is 0 Å². The van der Waals surface area contributed by atoms with Gasteiger partial charge in [0.25, 0.3) is 0 Å². The number of allylic oxidation sites excluding steroid dienone is 2. The Bertz CT molecular complexity index is 565. The topological polar surface area (TPSA) is 37.3 Å². The Morgan fingerprint density at radius 3 is 2.56 bits per heavy atom. The van der Waals surface area contributed by atoms with Crippen LogP contribution in [0.1, 0.15) is 105 Å². The van der Waals surface area contributed by atoms with E-state index >= 15 is 0 Å². The molecule has 0 bridgehead atoms. The van der Waals surface area contributed by atoms with E-state index in [1.165, 1.54) is 64.2 Å². The van der Waals surface area contributed by atoms with Gasteiger partial charge < -0.3 is 5.11 Å². The van der Waals surface area contributed by atoms with Gasteiger partial charge >= 0.3 is 5.97 Å². The number of aliphatic carboxylic acids is 1. The molecule has 0 aromatic heterocycles. The van der Waals surface area contributed by atoms with Gasteiger partial charge in [-0.3, -0.25) is 4.79 Å². The van der Waals surface area contributed by atoms with E-state index in [0.717, 1.165) is 30.1 Å². The van der Waals surface area contributed by atoms with Crippen LogP contribution < -0.4 is 0 Å². The summed E-state index contributed by atoms with van der Waals surface area (Å²) >= 11 is 0. The minimum Gasteiger partial charge on any atom is -0.481 e. The molecule has 2 heteroatoms. The van der Waals surface area contributed by atoms with Crippen molar-refractivity contribution in [3.05, 3.63) is 11.6 Å². The van der Waals surface area contributed by atoms with Crippen LogP contribution in [0.15, 0.2) is 11.6 Å². The number of carboxylic acid groups (broad SMARTS) is 1. The number of hydrogen-bond donors (Lipinski definition) is 1. The third kappa shape index (κ3) is 3.62. The fourth-order valence-corrected chi connectivity index (χ4v) is 7.85. The van der Waals surface area contributed by atoms with Crippen molar-refractivity contribution in [2.75, 3.05) is 0 Å². The van der Waals surface area contributed by atoms with E-state index in [2.05, 4.69) is 19.9 Å². The van der Waals surface area contributed by atoms with Gasteiger partial charge in [-0.05, 0) is 92.3 Å². The van der Waals surface area contributed by atoms with Crippen molar-refractivity contribution in [2.24, 2.45) is 34.5 Å². The van der Waals surface area contributed by atoms with Gasteiger partial charge in [0, 0.05) is 6.42 Å². The first-order valence-corrected chi connectivity index (χ1v) is 11.9. The molecule has 4 aliphatic rings. The first-order chi connectivity index (χ1) is 12.9. The zero-order valence-corrected chi connectivity index (χ0v) is 18.2. The molecule has 0 aromatic carbocycles. The van der Waals surface area contributed by atoms with Gasteiger partial charge in [0.05, 0.1) is 0 Å². The minimum atomic E-state index is -0.663. The van der Waals surface area contributed by atoms with Gasteiger partial charge in [0.1, 0.15) is 0 Å². The number of rotatable bonds is 3. The fourth-order valence-electron chi connectivity index (χ4n) is 7.85. The second-order valence-corrected chi connectivity index (χ2v) is 10.1. The van der Waals surface area contributed by atoms with E-state index < -0.39 is 5.97 Å². The van der Waals surface area contributed by atoms with Crippen molar-refractivity contribution < 1.29 is 9.90 Å². The van der Waals surface area contributed by atoms with Gasteiger partial charge in [-0.2, -0.15) is 0 Å². The van der Waals surface area contributed by atoms with Crippen LogP contribution in [0.2, 0.25) is 0 Å². The summed E-state index contributed by atoms with van der Waals surface area (Å²) in [6.07, 6.45) is 17.5. The van der Waals surface area contributed by atoms with E-state index in [1.807, 2.05) is 13.8 Å². The van der Waals surface area contributed by atoms with Crippen LogP contribution >= 0.6 is 0 Å². The van der Waals surface area contributed by atoms with E-state index in [0.29, 0.717) is 10.8 Å². The predicted molar refractivity (Wildman–Crippen MR) is 113 cm³/mol. The Morgan fingerprint density at radius 2 is 1.81 bits per heavy atom. The van der Waals surface area contributed by atoms with Crippen molar-refractivity contribution in [1.29, 1.82) is 0 Å². The molecular weight excluding hydrogens is 332 g/mol. The van der Waals surface area contributed by atoms with Gasteiger partial charge in [0.2, 0.25) is 0 Å². The quantitative estimate of drug-likeness (QED) is 0.529. The molecule has 0 saturated heterocycles. The maximum Gasteiger partial charge on any atom is 0.303 e. The summed E-state index contributed by atoms with van der Waals surface area (Å²) in [5.74, 6) is 3.09. The van der Waals surface area contributed by atoms with E-state index in [-0.39, 0.29) is 6.42 Å². The van der Waals surface area contributed by atoms with Gasteiger partial charge in [-0.15, -0.1) is 0 Å². The third-order valence-corrected chi connectivity index (χ3v) is 9.18. The number of fused-ring (bicyclic) bond motifs is 5. The Kier molecular flexibility index (Phi) is 6.43. The highest BCUT2D eigenvalue weighted by Gasteiger charge is 2.58. The van der Waals surface area contributed by atoms with Crippen molar-refractivity contribution in [3.63, 3.8) is 0 Å². The molecule has 4 saturated carbocycles. The highest BCUT2D eigenvalue weighted by molar-refractivity contribution is 5.66. The maximum atomic E-state index is 10.9. The SMILES string of the molecule is CC.CC12CCC3C(CCC4CCCCC43C)C1CC/C2=C\CCC(=O)O. The average molecular weight is 375 g/mol. The molecule has 0 aromatic rings. The lowest BCUT2D eigenvalue weighted by Crippen LogP contribution is -2.52. The molecule has 2 nitrogen and oxygen atoms in total. The largest absolute Gasteiger partial charge is 0.481 e. The molecule has 6 atom stereocenters. The predicted octanol–water partition coefficient (Wildman–Crippen LogP) is 7.24. The molecule has 27 heavy (non-hydrogen) atoms. The number of carboxylic acids is 1. The lowest BCUT2D eigenvalue weighted by molar-refractivity contribution is -0.136. The fraction of sp³-hybridized carbons (Fsp3) is 0.880. The Balaban J connectivity index is 0.00000102. The lowest BCUT2D eigenvalue weighted by Gasteiger charge is -2.60. The first kappa shape index (κ1) is 20.9. The van der Waals surface area contributed by atoms with Crippen molar-refractivity contribution in [2.45, 2.75) is 105 Å². The van der Waals surface area contributed by atoms with Gasteiger partial charge in [-0.1, -0.05) is 52.2 Å². The minimum absolute atomic E-state index is 0.288. The van der Waals surface area contributed by atoms with Crippen LogP contribution in [-0.4, -0.2) is 11.1 Å². The second-order valence-electron chi connectivity index (χ2n) is 10.1. The molecule has 1 N–H and O–H groups in total. The smallest absolute Gasteiger partial charge is 0.303 e. The lowest BCUT2D eigenvalue weighted by atomic mass is 9.45. The summed E-state index contributed by atoms with van der Waals surface area (Å²) in [4.78, 5) is 10.9. The molecular formula is C25H42O2. The average Bonchev–Trinajstić information content (AvgIpc) is 2.99. The highest BCUT2D eigenvalue weighted by Crippen LogP contribution is 2.67. The number of hydrogen-bond acceptors (Lipinski definition) is 1. The molecule has 4 fully saturated rings. The first-order valence-electron chi connectivity index (χ1n) is 11.9. The summed E-state index contributed by atoms with van der Waals surface area (Å²) in [6, 6.07) is 0. The molecule has 154 valence electrons. The highest BCUT2D eigenvalue weighted by atomic mass is 16.4. The van der Waals surface area contributed by atoms with Crippen LogP contribution in [0.25, 0.3) is 0 Å². The third-order valence-electron chi connectivity index (χ3n) is 9.18. The van der Waals surface area contributed by atoms with Crippen LogP contribution in [0.5, 0.6) is 0 Å². The summed E-state index contributed by atoms with van der Waals surface area (Å²) < 4.78 is 0. The van der Waals surface area contributed by atoms with Crippen molar-refractivity contribution in [1.82, 2.24) is 0 Å². The normalized spacial score (nSPS) is 44.5. The van der Waals surface area contributed by atoms with E-state index in [1.54, 1.807) is 5.57 Å².